The van der Waals surface area contributed by atoms with Crippen LogP contribution in [0.5, 0.6) is 0 Å². The van der Waals surface area contributed by atoms with Crippen molar-refractivity contribution in [3.05, 3.63) is 18.2 Å². The molecular formula is C15H22N4O. The molecule has 5 nitrogen and oxygen atoms in total. The van der Waals surface area contributed by atoms with E-state index in [2.05, 4.69) is 22.2 Å². The molecule has 1 aliphatic rings. The molecule has 1 aromatic carbocycles. The third-order valence-electron chi connectivity index (χ3n) is 4.08. The first kappa shape index (κ1) is 13.2. The van der Waals surface area contributed by atoms with Crippen molar-refractivity contribution in [1.29, 1.82) is 0 Å². The van der Waals surface area contributed by atoms with Crippen molar-refractivity contribution in [2.24, 2.45) is 5.92 Å². The molecule has 1 aromatic heterocycles. The van der Waals surface area contributed by atoms with Crippen LogP contribution in [0.2, 0.25) is 0 Å². The van der Waals surface area contributed by atoms with Gasteiger partial charge in [0.1, 0.15) is 5.52 Å². The Labute approximate surface area is 119 Å². The first-order chi connectivity index (χ1) is 9.70. The lowest BCUT2D eigenvalue weighted by atomic mass is 9.94. The number of anilines is 2. The number of nitrogens with two attached hydrogens (primary N) is 1. The third-order valence-corrected chi connectivity index (χ3v) is 4.08. The van der Waals surface area contributed by atoms with E-state index in [4.69, 9.17) is 10.2 Å². The van der Waals surface area contributed by atoms with E-state index in [1.54, 1.807) is 0 Å². The number of rotatable bonds is 4. The summed E-state index contributed by atoms with van der Waals surface area (Å²) >= 11 is 0. The largest absolute Gasteiger partial charge is 0.424 e. The lowest BCUT2D eigenvalue weighted by Crippen LogP contribution is -2.30. The average molecular weight is 274 g/mol. The maximum absolute atomic E-state index is 5.74. The Hall–Kier alpha value is -1.75. The van der Waals surface area contributed by atoms with Crippen LogP contribution in [0.25, 0.3) is 11.1 Å². The number of nitrogens with one attached hydrogen (secondary N) is 1. The zero-order valence-electron chi connectivity index (χ0n) is 11.9. The summed E-state index contributed by atoms with van der Waals surface area (Å²) in [5.74, 6) is 0.818. The predicted octanol–water partition coefficient (Wildman–Crippen LogP) is 2.55. The van der Waals surface area contributed by atoms with Crippen LogP contribution in [0.15, 0.2) is 22.6 Å². The van der Waals surface area contributed by atoms with Crippen LogP contribution in [0.4, 0.5) is 11.7 Å². The van der Waals surface area contributed by atoms with Gasteiger partial charge in [-0.25, -0.2) is 0 Å². The minimum atomic E-state index is 0.596. The maximum atomic E-state index is 5.74. The van der Waals surface area contributed by atoms with Gasteiger partial charge in [0.05, 0.1) is 0 Å². The average Bonchev–Trinajstić information content (AvgIpc) is 2.83. The van der Waals surface area contributed by atoms with Gasteiger partial charge < -0.3 is 20.4 Å². The Kier molecular flexibility index (Phi) is 3.78. The van der Waals surface area contributed by atoms with Gasteiger partial charge in [0.15, 0.2) is 5.58 Å². The van der Waals surface area contributed by atoms with Gasteiger partial charge in [0.25, 0.3) is 6.01 Å². The number of hydrogen-bond donors (Lipinski definition) is 2. The number of nitrogen functional groups attached to an aromatic ring is 1. The summed E-state index contributed by atoms with van der Waals surface area (Å²) in [5.41, 5.74) is 8.04. The molecule has 20 heavy (non-hydrogen) atoms. The Morgan fingerprint density at radius 1 is 1.40 bits per heavy atom. The van der Waals surface area contributed by atoms with Gasteiger partial charge in [-0.3, -0.25) is 0 Å². The van der Waals surface area contributed by atoms with Crippen LogP contribution in [0.3, 0.4) is 0 Å². The van der Waals surface area contributed by atoms with E-state index in [9.17, 15) is 0 Å². The highest BCUT2D eigenvalue weighted by molar-refractivity contribution is 5.78. The van der Waals surface area contributed by atoms with Crippen molar-refractivity contribution in [3.63, 3.8) is 0 Å². The van der Waals surface area contributed by atoms with Gasteiger partial charge in [-0.2, -0.15) is 4.98 Å². The Balaban J connectivity index is 1.52. The molecule has 3 rings (SSSR count). The number of likely N-dealkylation sites (tertiary alicyclic amines) is 1. The summed E-state index contributed by atoms with van der Waals surface area (Å²) in [4.78, 5) is 6.80. The number of piperidine rings is 1. The first-order valence-electron chi connectivity index (χ1n) is 7.29. The van der Waals surface area contributed by atoms with Crippen molar-refractivity contribution >= 4 is 22.8 Å². The van der Waals surface area contributed by atoms with Crippen molar-refractivity contribution in [3.8, 4) is 0 Å². The predicted molar refractivity (Wildman–Crippen MR) is 81.7 cm³/mol. The fourth-order valence-corrected chi connectivity index (χ4v) is 2.75. The van der Waals surface area contributed by atoms with Crippen LogP contribution in [0, 0.1) is 5.92 Å². The summed E-state index contributed by atoms with van der Waals surface area (Å²) in [6, 6.07) is 6.12. The van der Waals surface area contributed by atoms with E-state index < -0.39 is 0 Å². The van der Waals surface area contributed by atoms with Crippen LogP contribution >= 0.6 is 0 Å². The molecule has 0 spiro atoms. The van der Waals surface area contributed by atoms with E-state index in [1.165, 1.54) is 32.4 Å². The highest BCUT2D eigenvalue weighted by atomic mass is 16.4. The summed E-state index contributed by atoms with van der Waals surface area (Å²) in [7, 11) is 2.19. The summed E-state index contributed by atoms with van der Waals surface area (Å²) in [5, 5.41) is 3.28. The number of fused-ring (bicyclic) bond motifs is 1. The topological polar surface area (TPSA) is 67.3 Å². The SMILES string of the molecule is CN1CCC(CCNc2nc3cc(N)ccc3o2)CC1. The van der Waals surface area contributed by atoms with Crippen molar-refractivity contribution < 1.29 is 4.42 Å². The zero-order valence-corrected chi connectivity index (χ0v) is 11.9. The molecule has 2 heterocycles. The second-order valence-corrected chi connectivity index (χ2v) is 5.71. The highest BCUT2D eigenvalue weighted by Gasteiger charge is 2.16. The van der Waals surface area contributed by atoms with E-state index >= 15 is 0 Å². The van der Waals surface area contributed by atoms with Crippen LogP contribution < -0.4 is 11.1 Å². The Bertz CT molecular complexity index is 572. The molecule has 1 saturated heterocycles. The number of hydrogen-bond acceptors (Lipinski definition) is 5. The van der Waals surface area contributed by atoms with E-state index in [0.29, 0.717) is 11.7 Å². The molecule has 5 heteroatoms. The van der Waals surface area contributed by atoms with Crippen molar-refractivity contribution in [2.75, 3.05) is 37.7 Å². The van der Waals surface area contributed by atoms with Gasteiger partial charge in [-0.05, 0) is 63.5 Å². The van der Waals surface area contributed by atoms with Gasteiger partial charge in [0, 0.05) is 12.2 Å². The van der Waals surface area contributed by atoms with Crippen molar-refractivity contribution in [2.45, 2.75) is 19.3 Å². The summed E-state index contributed by atoms with van der Waals surface area (Å²) in [6.07, 6.45) is 3.76. The third kappa shape index (κ3) is 3.04. The maximum Gasteiger partial charge on any atom is 0.295 e. The smallest absolute Gasteiger partial charge is 0.295 e. The molecule has 0 amide bonds. The molecule has 0 bridgehead atoms. The normalized spacial score (nSPS) is 17.6. The molecule has 0 radical (unpaired) electrons. The van der Waals surface area contributed by atoms with Crippen LogP contribution in [-0.2, 0) is 0 Å². The monoisotopic (exact) mass is 274 g/mol. The first-order valence-corrected chi connectivity index (χ1v) is 7.29. The van der Waals surface area contributed by atoms with Crippen molar-refractivity contribution in [1.82, 2.24) is 9.88 Å². The van der Waals surface area contributed by atoms with E-state index in [0.717, 1.165) is 23.6 Å². The Morgan fingerprint density at radius 3 is 3.00 bits per heavy atom. The molecule has 0 saturated carbocycles. The van der Waals surface area contributed by atoms with Gasteiger partial charge in [-0.1, -0.05) is 0 Å². The molecule has 0 atom stereocenters. The lowest BCUT2D eigenvalue weighted by Gasteiger charge is -2.28. The highest BCUT2D eigenvalue weighted by Crippen LogP contribution is 2.22. The van der Waals surface area contributed by atoms with Gasteiger partial charge in [-0.15, -0.1) is 0 Å². The molecule has 3 N–H and O–H groups in total. The summed E-state index contributed by atoms with van der Waals surface area (Å²) in [6.45, 7) is 3.34. The molecule has 2 aromatic rings. The molecule has 108 valence electrons. The fraction of sp³-hybridized carbons (Fsp3) is 0.533. The fourth-order valence-electron chi connectivity index (χ4n) is 2.75. The standard InChI is InChI=1S/C15H22N4O/c1-19-8-5-11(6-9-19)4-7-17-15-18-13-10-12(16)2-3-14(13)20-15/h2-3,10-11H,4-9,16H2,1H3,(H,17,18). The number of oxazole rings is 1. The minimum absolute atomic E-state index is 0.596. The number of nitrogens with zero attached hydrogens (tertiary/aromatic N) is 2. The van der Waals surface area contributed by atoms with E-state index in [-0.39, 0.29) is 0 Å². The molecule has 0 unspecified atom stereocenters. The van der Waals surface area contributed by atoms with Gasteiger partial charge >= 0.3 is 0 Å². The second-order valence-electron chi connectivity index (χ2n) is 5.71. The number of benzene rings is 1. The van der Waals surface area contributed by atoms with Crippen LogP contribution in [0.1, 0.15) is 19.3 Å². The molecule has 1 aliphatic heterocycles. The molecule has 1 fully saturated rings. The molecular weight excluding hydrogens is 252 g/mol. The number of aromatic nitrogens is 1. The zero-order chi connectivity index (χ0) is 13.9. The Morgan fingerprint density at radius 2 is 2.20 bits per heavy atom. The van der Waals surface area contributed by atoms with E-state index in [1.807, 2.05) is 18.2 Å². The molecule has 0 aliphatic carbocycles. The van der Waals surface area contributed by atoms with Gasteiger partial charge in [0.2, 0.25) is 0 Å². The quantitative estimate of drug-likeness (QED) is 0.839. The summed E-state index contributed by atoms with van der Waals surface area (Å²) < 4.78 is 5.64. The van der Waals surface area contributed by atoms with Crippen LogP contribution in [-0.4, -0.2) is 36.6 Å². The second kappa shape index (κ2) is 5.71. The lowest BCUT2D eigenvalue weighted by molar-refractivity contribution is 0.215. The minimum Gasteiger partial charge on any atom is -0.424 e.